The summed E-state index contributed by atoms with van der Waals surface area (Å²) >= 11 is 6.24. The van der Waals surface area contributed by atoms with E-state index in [1.807, 2.05) is 36.4 Å². The normalized spacial score (nSPS) is 11.3. The number of carboxylic acid groups (broad SMARTS) is 1. The third-order valence-electron chi connectivity index (χ3n) is 5.78. The highest BCUT2D eigenvalue weighted by molar-refractivity contribution is 6.31. The quantitative estimate of drug-likeness (QED) is 0.121. The van der Waals surface area contributed by atoms with Crippen molar-refractivity contribution in [3.8, 4) is 28.5 Å². The molecule has 37 heavy (non-hydrogen) atoms. The first-order valence-corrected chi connectivity index (χ1v) is 11.6. The number of phenolic OH excluding ortho intramolecular Hbond substituents is 1. The zero-order valence-electron chi connectivity index (χ0n) is 19.2. The number of benzene rings is 4. The molecule has 9 heteroatoms. The van der Waals surface area contributed by atoms with Crippen LogP contribution in [0.15, 0.2) is 101 Å². The SMILES string of the molecule is O=C(O)Oc1cccc(-c2cccc(N=Nc3c(O)n(Cc4ccccc4)c4ccc(Cl)cc34)c2O)c1. The van der Waals surface area contributed by atoms with Gasteiger partial charge in [0.2, 0.25) is 5.88 Å². The summed E-state index contributed by atoms with van der Waals surface area (Å²) in [5, 5.41) is 40.5. The maximum atomic E-state index is 11.1. The van der Waals surface area contributed by atoms with Gasteiger partial charge in [0.05, 0.1) is 12.1 Å². The summed E-state index contributed by atoms with van der Waals surface area (Å²) in [6.45, 7) is 0.413. The Bertz CT molecular complexity index is 1650. The lowest BCUT2D eigenvalue weighted by molar-refractivity contribution is 0.144. The van der Waals surface area contributed by atoms with Gasteiger partial charge >= 0.3 is 6.16 Å². The van der Waals surface area contributed by atoms with Crippen LogP contribution in [0, 0.1) is 0 Å². The fourth-order valence-electron chi connectivity index (χ4n) is 4.10. The molecule has 0 fully saturated rings. The number of para-hydroxylation sites is 1. The van der Waals surface area contributed by atoms with E-state index in [1.165, 1.54) is 12.1 Å². The van der Waals surface area contributed by atoms with E-state index in [9.17, 15) is 15.0 Å². The number of fused-ring (bicyclic) bond motifs is 1. The first-order valence-electron chi connectivity index (χ1n) is 11.2. The molecule has 0 amide bonds. The molecule has 0 saturated carbocycles. The molecular formula is C28H20ClN3O5. The lowest BCUT2D eigenvalue weighted by atomic mass is 10.0. The Morgan fingerprint density at radius 2 is 1.68 bits per heavy atom. The Labute approximate surface area is 216 Å². The Morgan fingerprint density at radius 1 is 0.892 bits per heavy atom. The minimum absolute atomic E-state index is 0.0842. The van der Waals surface area contributed by atoms with Gasteiger partial charge in [-0.3, -0.25) is 0 Å². The molecule has 0 spiro atoms. The largest absolute Gasteiger partial charge is 0.511 e. The molecule has 1 heterocycles. The highest BCUT2D eigenvalue weighted by Crippen LogP contribution is 2.43. The molecule has 0 atom stereocenters. The van der Waals surface area contributed by atoms with Crippen molar-refractivity contribution in [3.63, 3.8) is 0 Å². The average molecular weight is 514 g/mol. The molecule has 4 aromatic carbocycles. The number of hydrogen-bond acceptors (Lipinski definition) is 6. The van der Waals surface area contributed by atoms with Crippen LogP contribution in [0.3, 0.4) is 0 Å². The van der Waals surface area contributed by atoms with E-state index in [0.29, 0.717) is 28.1 Å². The summed E-state index contributed by atoms with van der Waals surface area (Å²) in [7, 11) is 0. The number of nitrogens with zero attached hydrogens (tertiary/aromatic N) is 3. The number of phenols is 1. The van der Waals surface area contributed by atoms with Crippen molar-refractivity contribution < 1.29 is 24.9 Å². The summed E-state index contributed by atoms with van der Waals surface area (Å²) in [6, 6.07) is 26.2. The summed E-state index contributed by atoms with van der Waals surface area (Å²) in [5.74, 6) is -0.132. The maximum absolute atomic E-state index is 11.1. The van der Waals surface area contributed by atoms with Gasteiger partial charge in [-0.1, -0.05) is 66.2 Å². The smallest absolute Gasteiger partial charge is 0.505 e. The molecule has 5 aromatic rings. The molecule has 0 saturated heterocycles. The number of aromatic hydroxyl groups is 2. The summed E-state index contributed by atoms with van der Waals surface area (Å²) < 4.78 is 6.43. The lowest BCUT2D eigenvalue weighted by Crippen LogP contribution is -2.02. The van der Waals surface area contributed by atoms with Crippen molar-refractivity contribution in [1.82, 2.24) is 4.57 Å². The predicted octanol–water partition coefficient (Wildman–Crippen LogP) is 7.89. The van der Waals surface area contributed by atoms with Gasteiger partial charge in [-0.2, -0.15) is 0 Å². The summed E-state index contributed by atoms with van der Waals surface area (Å²) in [4.78, 5) is 10.9. The van der Waals surface area contributed by atoms with Gasteiger partial charge in [0.15, 0.2) is 11.4 Å². The Hall–Kier alpha value is -4.82. The second kappa shape index (κ2) is 10.0. The van der Waals surface area contributed by atoms with Crippen LogP contribution in [-0.4, -0.2) is 26.0 Å². The molecule has 0 aliphatic rings. The van der Waals surface area contributed by atoms with Crippen LogP contribution in [0.2, 0.25) is 5.02 Å². The van der Waals surface area contributed by atoms with Gasteiger partial charge in [0.25, 0.3) is 0 Å². The molecular weight excluding hydrogens is 494 g/mol. The van der Waals surface area contributed by atoms with E-state index in [2.05, 4.69) is 10.2 Å². The zero-order valence-corrected chi connectivity index (χ0v) is 20.0. The van der Waals surface area contributed by atoms with Crippen molar-refractivity contribution in [1.29, 1.82) is 0 Å². The van der Waals surface area contributed by atoms with Crippen LogP contribution in [0.25, 0.3) is 22.0 Å². The molecule has 1 aromatic heterocycles. The monoisotopic (exact) mass is 513 g/mol. The molecule has 0 bridgehead atoms. The van der Waals surface area contributed by atoms with E-state index in [0.717, 1.165) is 11.1 Å². The maximum Gasteiger partial charge on any atom is 0.511 e. The fraction of sp³-hybridized carbons (Fsp3) is 0.0357. The number of rotatable bonds is 6. The van der Waals surface area contributed by atoms with E-state index in [1.54, 1.807) is 47.0 Å². The molecule has 5 rings (SSSR count). The molecule has 0 radical (unpaired) electrons. The van der Waals surface area contributed by atoms with Crippen molar-refractivity contribution >= 4 is 40.0 Å². The fourth-order valence-corrected chi connectivity index (χ4v) is 4.27. The third kappa shape index (κ3) is 4.96. The van der Waals surface area contributed by atoms with Gasteiger partial charge in [-0.15, -0.1) is 10.2 Å². The van der Waals surface area contributed by atoms with Gasteiger partial charge in [0, 0.05) is 16.0 Å². The van der Waals surface area contributed by atoms with E-state index >= 15 is 0 Å². The molecule has 0 unspecified atom stereocenters. The highest BCUT2D eigenvalue weighted by atomic mass is 35.5. The first-order chi connectivity index (χ1) is 17.9. The van der Waals surface area contributed by atoms with Gasteiger partial charge < -0.3 is 24.6 Å². The average Bonchev–Trinajstić information content (AvgIpc) is 3.13. The van der Waals surface area contributed by atoms with Crippen LogP contribution in [0.5, 0.6) is 17.4 Å². The van der Waals surface area contributed by atoms with Crippen LogP contribution in [0.4, 0.5) is 16.2 Å². The predicted molar refractivity (Wildman–Crippen MR) is 141 cm³/mol. The van der Waals surface area contributed by atoms with Gasteiger partial charge in [0.1, 0.15) is 11.4 Å². The zero-order chi connectivity index (χ0) is 25.9. The van der Waals surface area contributed by atoms with Crippen molar-refractivity contribution in [2.24, 2.45) is 10.2 Å². The molecule has 8 nitrogen and oxygen atoms in total. The van der Waals surface area contributed by atoms with E-state index in [-0.39, 0.29) is 28.8 Å². The van der Waals surface area contributed by atoms with Crippen molar-refractivity contribution in [2.45, 2.75) is 6.54 Å². The molecule has 184 valence electrons. The van der Waals surface area contributed by atoms with Gasteiger partial charge in [-0.05, 0) is 47.5 Å². The number of carbonyl (C=O) groups is 1. The number of aromatic nitrogens is 1. The molecule has 0 aliphatic carbocycles. The summed E-state index contributed by atoms with van der Waals surface area (Å²) in [5.41, 5.74) is 3.04. The van der Waals surface area contributed by atoms with Crippen molar-refractivity contribution in [3.05, 3.63) is 102 Å². The molecule has 0 aliphatic heterocycles. The Kier molecular flexibility index (Phi) is 6.49. The van der Waals surface area contributed by atoms with Crippen LogP contribution in [-0.2, 0) is 6.54 Å². The topological polar surface area (TPSA) is 117 Å². The highest BCUT2D eigenvalue weighted by Gasteiger charge is 2.18. The Morgan fingerprint density at radius 3 is 2.46 bits per heavy atom. The number of hydrogen-bond donors (Lipinski definition) is 3. The third-order valence-corrected chi connectivity index (χ3v) is 6.01. The lowest BCUT2D eigenvalue weighted by Gasteiger charge is -2.08. The van der Waals surface area contributed by atoms with Crippen LogP contribution < -0.4 is 4.74 Å². The van der Waals surface area contributed by atoms with E-state index in [4.69, 9.17) is 21.4 Å². The number of azo groups is 1. The number of ether oxygens (including phenoxy) is 1. The second-order valence-corrected chi connectivity index (χ2v) is 8.61. The second-order valence-electron chi connectivity index (χ2n) is 8.17. The minimum atomic E-state index is -1.43. The Balaban J connectivity index is 1.54. The van der Waals surface area contributed by atoms with Gasteiger partial charge in [-0.25, -0.2) is 4.79 Å². The summed E-state index contributed by atoms with van der Waals surface area (Å²) in [6.07, 6.45) is -1.43. The number of halogens is 1. The standard InChI is InChI=1S/C28H20ClN3O5/c29-19-12-13-24-22(15-19)25(27(34)32(24)16-17-6-2-1-3-7-17)31-30-23-11-5-10-21(26(23)33)18-8-4-9-20(14-18)37-28(35)36/h1-15,33-34H,16H2,(H,35,36). The van der Waals surface area contributed by atoms with Crippen molar-refractivity contribution in [2.75, 3.05) is 0 Å². The first kappa shape index (κ1) is 23.9. The molecule has 3 N–H and O–H groups in total. The van der Waals surface area contributed by atoms with Crippen LogP contribution in [0.1, 0.15) is 5.56 Å². The van der Waals surface area contributed by atoms with Crippen LogP contribution >= 0.6 is 11.6 Å². The minimum Gasteiger partial charge on any atom is -0.505 e. The van der Waals surface area contributed by atoms with E-state index < -0.39 is 6.16 Å².